The molecule has 1 heterocycles. The van der Waals surface area contributed by atoms with Crippen LogP contribution in [0.15, 0.2) is 0 Å². The second-order valence-corrected chi connectivity index (χ2v) is 4.08. The van der Waals surface area contributed by atoms with Crippen LogP contribution in [0.2, 0.25) is 10.3 Å². The number of aromatic nitrogens is 2. The van der Waals surface area contributed by atoms with Gasteiger partial charge in [0.2, 0.25) is 5.82 Å². The molecule has 0 aliphatic heterocycles. The molecule has 0 atom stereocenters. The average Bonchev–Trinajstić information content (AvgIpc) is 2.28. The maximum Gasteiger partial charge on any atom is 0.408 e. The lowest BCUT2D eigenvalue weighted by atomic mass is 10.2. The van der Waals surface area contributed by atoms with E-state index in [1.165, 1.54) is 0 Å². The smallest absolute Gasteiger partial charge is 0.363 e. The number of hydrogen-bond acceptors (Lipinski definition) is 5. The summed E-state index contributed by atoms with van der Waals surface area (Å²) in [5.74, 6) is -0.351. The van der Waals surface area contributed by atoms with Crippen molar-refractivity contribution in [2.75, 3.05) is 11.9 Å². The molecule has 1 N–H and O–H groups in total. The van der Waals surface area contributed by atoms with E-state index in [4.69, 9.17) is 23.2 Å². The first-order valence-electron chi connectivity index (χ1n) is 5.17. The van der Waals surface area contributed by atoms with E-state index in [1.54, 1.807) is 0 Å². The van der Waals surface area contributed by atoms with Crippen LogP contribution in [-0.4, -0.2) is 21.4 Å². The van der Waals surface area contributed by atoms with Gasteiger partial charge < -0.3 is 15.4 Å². The van der Waals surface area contributed by atoms with E-state index in [1.807, 2.05) is 0 Å². The molecule has 0 fully saturated rings. The third-order valence-electron chi connectivity index (χ3n) is 2.04. The fourth-order valence-corrected chi connectivity index (χ4v) is 1.46. The molecule has 0 aliphatic carbocycles. The molecule has 94 valence electrons. The van der Waals surface area contributed by atoms with Gasteiger partial charge in [-0.15, -0.1) is 0 Å². The van der Waals surface area contributed by atoms with Crippen LogP contribution in [-0.2, 0) is 0 Å². The number of anilines is 1. The van der Waals surface area contributed by atoms with Gasteiger partial charge in [-0.05, 0) is 27.9 Å². The highest BCUT2D eigenvalue weighted by Gasteiger charge is 2.21. The minimum atomic E-state index is -0.642. The highest BCUT2D eigenvalue weighted by molar-refractivity contribution is 6.40. The minimum absolute atomic E-state index is 0.0461. The van der Waals surface area contributed by atoms with Gasteiger partial charge in [-0.25, -0.2) is 4.98 Å². The third kappa shape index (κ3) is 3.98. The van der Waals surface area contributed by atoms with Gasteiger partial charge in [-0.3, -0.25) is 0 Å². The van der Waals surface area contributed by atoms with Gasteiger partial charge in [0.25, 0.3) is 5.15 Å². The van der Waals surface area contributed by atoms with E-state index in [0.29, 0.717) is 6.54 Å². The van der Waals surface area contributed by atoms with E-state index in [-0.39, 0.29) is 16.1 Å². The standard InChI is InChI=1S/C9H12Cl2N4O2/c1-2-3-4-5-12-8-9(15(16)17)14-7(11)6(10)13-8/h2-5H2,1H3,(H,12,13). The number of nitro groups is 1. The average molecular weight is 279 g/mol. The zero-order valence-corrected chi connectivity index (χ0v) is 10.8. The van der Waals surface area contributed by atoms with Crippen LogP contribution >= 0.6 is 23.2 Å². The molecule has 1 aromatic rings. The lowest BCUT2D eigenvalue weighted by molar-refractivity contribution is -0.388. The van der Waals surface area contributed by atoms with Crippen molar-refractivity contribution in [3.8, 4) is 0 Å². The van der Waals surface area contributed by atoms with E-state index in [2.05, 4.69) is 22.2 Å². The maximum atomic E-state index is 10.7. The van der Waals surface area contributed by atoms with E-state index in [9.17, 15) is 10.1 Å². The Morgan fingerprint density at radius 1 is 1.29 bits per heavy atom. The number of rotatable bonds is 6. The van der Waals surface area contributed by atoms with Crippen molar-refractivity contribution in [3.63, 3.8) is 0 Å². The quantitative estimate of drug-likeness (QED) is 0.491. The first kappa shape index (κ1) is 13.9. The Bertz CT molecular complexity index is 414. The summed E-state index contributed by atoms with van der Waals surface area (Å²) in [6.45, 7) is 2.66. The molecule has 17 heavy (non-hydrogen) atoms. The van der Waals surface area contributed by atoms with Gasteiger partial charge in [0.1, 0.15) is 0 Å². The molecule has 0 saturated heterocycles. The number of nitrogens with one attached hydrogen (secondary N) is 1. The van der Waals surface area contributed by atoms with Crippen LogP contribution in [0.3, 0.4) is 0 Å². The molecule has 0 bridgehead atoms. The predicted molar refractivity (Wildman–Crippen MR) is 66.7 cm³/mol. The van der Waals surface area contributed by atoms with Crippen LogP contribution in [0.25, 0.3) is 0 Å². The fraction of sp³-hybridized carbons (Fsp3) is 0.556. The monoisotopic (exact) mass is 278 g/mol. The summed E-state index contributed by atoms with van der Waals surface area (Å²) < 4.78 is 0. The zero-order valence-electron chi connectivity index (χ0n) is 9.24. The molecule has 0 aromatic carbocycles. The first-order chi connectivity index (χ1) is 8.06. The predicted octanol–water partition coefficient (Wildman–Crippen LogP) is 3.29. The number of nitrogens with zero attached hydrogens (tertiary/aromatic N) is 3. The number of unbranched alkanes of at least 4 members (excludes halogenated alkanes) is 2. The Morgan fingerprint density at radius 3 is 2.53 bits per heavy atom. The normalized spacial score (nSPS) is 10.3. The van der Waals surface area contributed by atoms with Crippen molar-refractivity contribution in [3.05, 3.63) is 20.4 Å². The van der Waals surface area contributed by atoms with Crippen molar-refractivity contribution in [1.29, 1.82) is 0 Å². The van der Waals surface area contributed by atoms with E-state index in [0.717, 1.165) is 19.3 Å². The minimum Gasteiger partial charge on any atom is -0.363 e. The van der Waals surface area contributed by atoms with Crippen molar-refractivity contribution in [2.45, 2.75) is 26.2 Å². The van der Waals surface area contributed by atoms with E-state index < -0.39 is 10.7 Å². The third-order valence-corrected chi connectivity index (χ3v) is 2.67. The van der Waals surface area contributed by atoms with Crippen LogP contribution in [0, 0.1) is 10.1 Å². The molecular formula is C9H12Cl2N4O2. The number of hydrogen-bond donors (Lipinski definition) is 1. The molecule has 0 saturated carbocycles. The molecule has 0 unspecified atom stereocenters. The largest absolute Gasteiger partial charge is 0.408 e. The molecule has 0 spiro atoms. The molecule has 0 amide bonds. The van der Waals surface area contributed by atoms with Crippen LogP contribution < -0.4 is 5.32 Å². The van der Waals surface area contributed by atoms with Gasteiger partial charge in [-0.2, -0.15) is 0 Å². The van der Waals surface area contributed by atoms with Gasteiger partial charge in [-0.1, -0.05) is 31.4 Å². The topological polar surface area (TPSA) is 81.0 Å². The SMILES string of the molecule is CCCCCNc1nc(Cl)c(Cl)nc1[N+](=O)[O-]. The lowest BCUT2D eigenvalue weighted by Gasteiger charge is -2.05. The highest BCUT2D eigenvalue weighted by Crippen LogP contribution is 2.26. The van der Waals surface area contributed by atoms with Gasteiger partial charge in [0.15, 0.2) is 5.15 Å². The van der Waals surface area contributed by atoms with Crippen molar-refractivity contribution in [1.82, 2.24) is 9.97 Å². The maximum absolute atomic E-state index is 10.7. The Hall–Kier alpha value is -1.14. The summed E-state index contributed by atoms with van der Waals surface area (Å²) in [4.78, 5) is 17.5. The zero-order chi connectivity index (χ0) is 12.8. The van der Waals surface area contributed by atoms with Gasteiger partial charge in [0, 0.05) is 6.54 Å². The van der Waals surface area contributed by atoms with Crippen LogP contribution in [0.4, 0.5) is 11.6 Å². The molecule has 0 radical (unpaired) electrons. The molecule has 6 nitrogen and oxygen atoms in total. The molecular weight excluding hydrogens is 267 g/mol. The Labute approximate surface area is 109 Å². The summed E-state index contributed by atoms with van der Waals surface area (Å²) in [5, 5.41) is 13.4. The van der Waals surface area contributed by atoms with Crippen LogP contribution in [0.5, 0.6) is 0 Å². The summed E-state index contributed by atoms with van der Waals surface area (Å²) in [6, 6.07) is 0. The second-order valence-electron chi connectivity index (χ2n) is 3.37. The molecule has 1 aromatic heterocycles. The first-order valence-corrected chi connectivity index (χ1v) is 5.93. The Morgan fingerprint density at radius 2 is 1.94 bits per heavy atom. The summed E-state index contributed by atoms with van der Waals surface area (Å²) in [7, 11) is 0. The Kier molecular flexibility index (Phi) is 5.37. The summed E-state index contributed by atoms with van der Waals surface area (Å²) >= 11 is 11.2. The highest BCUT2D eigenvalue weighted by atomic mass is 35.5. The number of halogens is 2. The van der Waals surface area contributed by atoms with Crippen molar-refractivity contribution < 1.29 is 4.92 Å². The van der Waals surface area contributed by atoms with Crippen LogP contribution in [0.1, 0.15) is 26.2 Å². The van der Waals surface area contributed by atoms with Gasteiger partial charge in [0.05, 0.1) is 0 Å². The second kappa shape index (κ2) is 6.56. The summed E-state index contributed by atoms with van der Waals surface area (Å²) in [5.41, 5.74) is 0. The summed E-state index contributed by atoms with van der Waals surface area (Å²) in [6.07, 6.45) is 3.00. The fourth-order valence-electron chi connectivity index (χ4n) is 1.21. The van der Waals surface area contributed by atoms with E-state index >= 15 is 0 Å². The molecule has 1 rings (SSSR count). The lowest BCUT2D eigenvalue weighted by Crippen LogP contribution is -2.08. The van der Waals surface area contributed by atoms with Crippen molar-refractivity contribution in [2.24, 2.45) is 0 Å². The Balaban J connectivity index is 2.81. The van der Waals surface area contributed by atoms with Crippen molar-refractivity contribution >= 4 is 34.8 Å². The molecule has 8 heteroatoms. The van der Waals surface area contributed by atoms with Gasteiger partial charge >= 0.3 is 5.82 Å². The molecule has 0 aliphatic rings.